The number of hydrogen-bond acceptors (Lipinski definition) is 3. The van der Waals surface area contributed by atoms with Crippen LogP contribution in [0.1, 0.15) is 36.9 Å². The summed E-state index contributed by atoms with van der Waals surface area (Å²) < 4.78 is 0. The van der Waals surface area contributed by atoms with Gasteiger partial charge in [0.15, 0.2) is 0 Å². The summed E-state index contributed by atoms with van der Waals surface area (Å²) in [4.78, 5) is 16.1. The van der Waals surface area contributed by atoms with Gasteiger partial charge >= 0.3 is 0 Å². The number of aromatic nitrogens is 1. The van der Waals surface area contributed by atoms with Crippen LogP contribution in [0.25, 0.3) is 0 Å². The Balaban J connectivity index is 1.84. The summed E-state index contributed by atoms with van der Waals surface area (Å²) in [6.45, 7) is 2.20. The first-order valence-corrected chi connectivity index (χ1v) is 7.39. The van der Waals surface area contributed by atoms with Crippen LogP contribution in [-0.2, 0) is 17.1 Å². The molecular weight excluding hydrogens is 256 g/mol. The Morgan fingerprint density at radius 3 is 3.06 bits per heavy atom. The highest BCUT2D eigenvalue weighted by atomic mass is 35.5. The minimum Gasteiger partial charge on any atom is -0.353 e. The fourth-order valence-corrected chi connectivity index (χ4v) is 3.27. The van der Waals surface area contributed by atoms with Gasteiger partial charge in [-0.3, -0.25) is 4.79 Å². The molecule has 1 aliphatic carbocycles. The van der Waals surface area contributed by atoms with Crippen molar-refractivity contribution in [3.63, 3.8) is 0 Å². The van der Waals surface area contributed by atoms with Crippen LogP contribution < -0.4 is 5.32 Å². The second kappa shape index (κ2) is 5.83. The predicted molar refractivity (Wildman–Crippen MR) is 70.3 cm³/mol. The Kier molecular flexibility index (Phi) is 4.40. The number of thiazole rings is 1. The standard InChI is InChI=1S/C12H17ClN2OS/c1-8-3-2-4-10(8)15-11(16)5-12-14-9(6-13)7-17-12/h7-8,10H,2-6H2,1H3,(H,15,16). The molecule has 2 unspecified atom stereocenters. The Morgan fingerprint density at radius 2 is 2.47 bits per heavy atom. The summed E-state index contributed by atoms with van der Waals surface area (Å²) >= 11 is 7.18. The number of amides is 1. The normalized spacial score (nSPS) is 23.9. The molecule has 94 valence electrons. The van der Waals surface area contributed by atoms with Crippen LogP contribution in [0.4, 0.5) is 0 Å². The molecule has 0 bridgehead atoms. The molecule has 0 saturated heterocycles. The molecule has 0 radical (unpaired) electrons. The molecule has 0 aliphatic heterocycles. The van der Waals surface area contributed by atoms with Crippen molar-refractivity contribution in [3.05, 3.63) is 16.1 Å². The van der Waals surface area contributed by atoms with Crippen LogP contribution in [0, 0.1) is 5.92 Å². The number of nitrogens with zero attached hydrogens (tertiary/aromatic N) is 1. The number of hydrogen-bond donors (Lipinski definition) is 1. The van der Waals surface area contributed by atoms with Crippen molar-refractivity contribution in [2.24, 2.45) is 5.92 Å². The average Bonchev–Trinajstić information content (AvgIpc) is 2.89. The highest BCUT2D eigenvalue weighted by Gasteiger charge is 2.24. The summed E-state index contributed by atoms with van der Waals surface area (Å²) in [6, 6.07) is 0.356. The SMILES string of the molecule is CC1CCCC1NC(=O)Cc1nc(CCl)cs1. The molecule has 1 aromatic rings. The lowest BCUT2D eigenvalue weighted by Gasteiger charge is -2.16. The van der Waals surface area contributed by atoms with E-state index in [1.807, 2.05) is 5.38 Å². The third-order valence-electron chi connectivity index (χ3n) is 3.26. The first-order chi connectivity index (χ1) is 8.19. The molecule has 1 fully saturated rings. The van der Waals surface area contributed by atoms with E-state index < -0.39 is 0 Å². The van der Waals surface area contributed by atoms with Gasteiger partial charge in [-0.25, -0.2) is 4.98 Å². The lowest BCUT2D eigenvalue weighted by Crippen LogP contribution is -2.37. The van der Waals surface area contributed by atoms with E-state index in [1.54, 1.807) is 0 Å². The van der Waals surface area contributed by atoms with E-state index in [-0.39, 0.29) is 5.91 Å². The Bertz CT molecular complexity index is 394. The minimum atomic E-state index is 0.0826. The van der Waals surface area contributed by atoms with E-state index in [0.29, 0.717) is 24.3 Å². The minimum absolute atomic E-state index is 0.0826. The molecule has 0 aromatic carbocycles. The summed E-state index contributed by atoms with van der Waals surface area (Å²) in [5.74, 6) is 1.10. The van der Waals surface area contributed by atoms with Crippen molar-refractivity contribution in [1.29, 1.82) is 0 Å². The monoisotopic (exact) mass is 272 g/mol. The maximum absolute atomic E-state index is 11.8. The van der Waals surface area contributed by atoms with E-state index in [1.165, 1.54) is 24.2 Å². The molecule has 0 spiro atoms. The van der Waals surface area contributed by atoms with Gasteiger partial charge in [-0.05, 0) is 18.8 Å². The largest absolute Gasteiger partial charge is 0.353 e. The number of carbonyl (C=O) groups is 1. The van der Waals surface area contributed by atoms with Gasteiger partial charge in [0.05, 0.1) is 18.0 Å². The van der Waals surface area contributed by atoms with E-state index in [4.69, 9.17) is 11.6 Å². The zero-order valence-corrected chi connectivity index (χ0v) is 11.5. The molecule has 5 heteroatoms. The third kappa shape index (κ3) is 3.42. The number of carbonyl (C=O) groups excluding carboxylic acids is 1. The smallest absolute Gasteiger partial charge is 0.227 e. The molecule has 2 atom stereocenters. The zero-order valence-electron chi connectivity index (χ0n) is 9.91. The van der Waals surface area contributed by atoms with E-state index >= 15 is 0 Å². The maximum atomic E-state index is 11.8. The van der Waals surface area contributed by atoms with Gasteiger partial charge in [-0.2, -0.15) is 0 Å². The van der Waals surface area contributed by atoms with Crippen molar-refractivity contribution in [1.82, 2.24) is 10.3 Å². The predicted octanol–water partition coefficient (Wildman–Crippen LogP) is 2.73. The first kappa shape index (κ1) is 12.8. The molecule has 1 heterocycles. The fraction of sp³-hybridized carbons (Fsp3) is 0.667. The Morgan fingerprint density at radius 1 is 1.65 bits per heavy atom. The third-order valence-corrected chi connectivity index (χ3v) is 4.43. The molecule has 1 aromatic heterocycles. The molecule has 17 heavy (non-hydrogen) atoms. The van der Waals surface area contributed by atoms with Gasteiger partial charge in [-0.15, -0.1) is 22.9 Å². The van der Waals surface area contributed by atoms with Crippen molar-refractivity contribution in [3.8, 4) is 0 Å². The molecule has 3 nitrogen and oxygen atoms in total. The molecule has 1 saturated carbocycles. The molecule has 1 aliphatic rings. The second-order valence-electron chi connectivity index (χ2n) is 4.63. The van der Waals surface area contributed by atoms with Crippen molar-refractivity contribution < 1.29 is 4.79 Å². The van der Waals surface area contributed by atoms with Gasteiger partial charge in [0.1, 0.15) is 5.01 Å². The lowest BCUT2D eigenvalue weighted by molar-refractivity contribution is -0.121. The van der Waals surface area contributed by atoms with E-state index in [0.717, 1.165) is 17.1 Å². The fourth-order valence-electron chi connectivity index (χ4n) is 2.25. The number of halogens is 1. The Hall–Kier alpha value is -0.610. The van der Waals surface area contributed by atoms with Crippen molar-refractivity contribution in [2.45, 2.75) is 44.5 Å². The van der Waals surface area contributed by atoms with Gasteiger partial charge in [0, 0.05) is 11.4 Å². The van der Waals surface area contributed by atoms with E-state index in [9.17, 15) is 4.79 Å². The average molecular weight is 273 g/mol. The van der Waals surface area contributed by atoms with Crippen molar-refractivity contribution in [2.75, 3.05) is 0 Å². The van der Waals surface area contributed by atoms with Crippen LogP contribution in [0.3, 0.4) is 0 Å². The summed E-state index contributed by atoms with van der Waals surface area (Å²) in [6.07, 6.45) is 3.93. The highest BCUT2D eigenvalue weighted by molar-refractivity contribution is 7.09. The molecule has 1 N–H and O–H groups in total. The quantitative estimate of drug-likeness (QED) is 0.857. The highest BCUT2D eigenvalue weighted by Crippen LogP contribution is 2.24. The number of nitrogens with one attached hydrogen (secondary N) is 1. The van der Waals surface area contributed by atoms with Gasteiger partial charge in [0.25, 0.3) is 0 Å². The summed E-state index contributed by atoms with van der Waals surface area (Å²) in [7, 11) is 0. The topological polar surface area (TPSA) is 42.0 Å². The van der Waals surface area contributed by atoms with Crippen LogP contribution in [0.5, 0.6) is 0 Å². The zero-order chi connectivity index (χ0) is 12.3. The van der Waals surface area contributed by atoms with Crippen LogP contribution in [0.2, 0.25) is 0 Å². The summed E-state index contributed by atoms with van der Waals surface area (Å²) in [5.41, 5.74) is 0.855. The second-order valence-corrected chi connectivity index (χ2v) is 5.84. The molecular formula is C12H17ClN2OS. The van der Waals surface area contributed by atoms with Crippen LogP contribution >= 0.6 is 22.9 Å². The van der Waals surface area contributed by atoms with Crippen molar-refractivity contribution >= 4 is 28.8 Å². The lowest BCUT2D eigenvalue weighted by atomic mass is 10.1. The summed E-state index contributed by atoms with van der Waals surface area (Å²) in [5, 5.41) is 5.86. The molecule has 1 amide bonds. The van der Waals surface area contributed by atoms with Gasteiger partial charge < -0.3 is 5.32 Å². The first-order valence-electron chi connectivity index (χ1n) is 5.97. The van der Waals surface area contributed by atoms with E-state index in [2.05, 4.69) is 17.2 Å². The number of rotatable bonds is 4. The van der Waals surface area contributed by atoms with Crippen LogP contribution in [0.15, 0.2) is 5.38 Å². The Labute approximate surface area is 111 Å². The maximum Gasteiger partial charge on any atom is 0.227 e. The molecule has 2 rings (SSSR count). The van der Waals surface area contributed by atoms with Crippen LogP contribution in [-0.4, -0.2) is 16.9 Å². The van der Waals surface area contributed by atoms with Gasteiger partial charge in [-0.1, -0.05) is 13.3 Å². The number of alkyl halides is 1. The van der Waals surface area contributed by atoms with Gasteiger partial charge in [0.2, 0.25) is 5.91 Å².